The van der Waals surface area contributed by atoms with Crippen molar-refractivity contribution in [2.24, 2.45) is 0 Å². The molecule has 0 heterocycles. The highest BCUT2D eigenvalue weighted by Crippen LogP contribution is 2.28. The van der Waals surface area contributed by atoms with E-state index in [1.807, 2.05) is 0 Å². The van der Waals surface area contributed by atoms with Crippen LogP contribution in [0.5, 0.6) is 11.5 Å². The van der Waals surface area contributed by atoms with Crippen molar-refractivity contribution in [2.45, 2.75) is 0 Å². The minimum atomic E-state index is -1.04. The Morgan fingerprint density at radius 1 is 1.15 bits per heavy atom. The first-order valence-corrected chi connectivity index (χ1v) is 5.74. The van der Waals surface area contributed by atoms with Crippen molar-refractivity contribution in [3.05, 3.63) is 52.6 Å². The fraction of sp³-hybridized carbons (Fsp3) is 0. The van der Waals surface area contributed by atoms with Gasteiger partial charge in [0, 0.05) is 12.1 Å². The van der Waals surface area contributed by atoms with E-state index < -0.39 is 29.0 Å². The molecule has 0 unspecified atom stereocenters. The topological polar surface area (TPSA) is 69.6 Å². The van der Waals surface area contributed by atoms with E-state index in [4.69, 9.17) is 16.7 Å². The highest BCUT2D eigenvalue weighted by atomic mass is 35.5. The number of anilines is 1. The molecule has 2 rings (SSSR count). The molecule has 0 aliphatic rings. The van der Waals surface area contributed by atoms with Crippen LogP contribution >= 0.6 is 11.6 Å². The zero-order chi connectivity index (χ0) is 14.9. The van der Waals surface area contributed by atoms with Crippen LogP contribution in [-0.4, -0.2) is 16.1 Å². The van der Waals surface area contributed by atoms with Gasteiger partial charge in [-0.2, -0.15) is 0 Å². The molecular formula is C13H8ClF2NO3. The van der Waals surface area contributed by atoms with Crippen molar-refractivity contribution in [1.29, 1.82) is 0 Å². The van der Waals surface area contributed by atoms with E-state index in [1.165, 1.54) is 6.07 Å². The lowest BCUT2D eigenvalue weighted by atomic mass is 10.1. The molecular weight excluding hydrogens is 292 g/mol. The van der Waals surface area contributed by atoms with E-state index in [-0.39, 0.29) is 16.3 Å². The predicted octanol–water partition coefficient (Wildman–Crippen LogP) is 3.28. The second-order valence-corrected chi connectivity index (χ2v) is 4.31. The summed E-state index contributed by atoms with van der Waals surface area (Å²) in [5.74, 6) is -3.49. The summed E-state index contributed by atoms with van der Waals surface area (Å²) in [6.45, 7) is 0. The molecule has 0 fully saturated rings. The van der Waals surface area contributed by atoms with E-state index in [2.05, 4.69) is 5.32 Å². The van der Waals surface area contributed by atoms with Crippen molar-refractivity contribution >= 4 is 23.2 Å². The Morgan fingerprint density at radius 3 is 2.45 bits per heavy atom. The van der Waals surface area contributed by atoms with Crippen LogP contribution in [0.1, 0.15) is 10.4 Å². The Kier molecular flexibility index (Phi) is 3.76. The van der Waals surface area contributed by atoms with E-state index in [0.29, 0.717) is 6.07 Å². The van der Waals surface area contributed by atoms with Crippen LogP contribution in [0.15, 0.2) is 30.3 Å². The van der Waals surface area contributed by atoms with Gasteiger partial charge in [0.2, 0.25) is 0 Å². The van der Waals surface area contributed by atoms with Crippen LogP contribution in [0.25, 0.3) is 0 Å². The highest BCUT2D eigenvalue weighted by molar-refractivity contribution is 6.34. The lowest BCUT2D eigenvalue weighted by molar-refractivity contribution is 0.102. The number of rotatable bonds is 2. The molecule has 20 heavy (non-hydrogen) atoms. The fourth-order valence-electron chi connectivity index (χ4n) is 1.55. The van der Waals surface area contributed by atoms with Gasteiger partial charge in [0.1, 0.15) is 17.3 Å². The molecule has 1 amide bonds. The number of hydrogen-bond donors (Lipinski definition) is 3. The lowest BCUT2D eigenvalue weighted by Crippen LogP contribution is -2.13. The van der Waals surface area contributed by atoms with Crippen molar-refractivity contribution in [1.82, 2.24) is 0 Å². The first kappa shape index (κ1) is 14.1. The molecule has 3 N–H and O–H groups in total. The quantitative estimate of drug-likeness (QED) is 0.797. The molecule has 2 aromatic carbocycles. The van der Waals surface area contributed by atoms with E-state index in [1.54, 1.807) is 0 Å². The van der Waals surface area contributed by atoms with Gasteiger partial charge in [-0.05, 0) is 18.2 Å². The number of nitrogens with one attached hydrogen (secondary N) is 1. The fourth-order valence-corrected chi connectivity index (χ4v) is 1.80. The molecule has 0 atom stereocenters. The molecule has 0 aliphatic carbocycles. The molecule has 0 saturated heterocycles. The van der Waals surface area contributed by atoms with Gasteiger partial charge in [0.15, 0.2) is 5.82 Å². The lowest BCUT2D eigenvalue weighted by Gasteiger charge is -2.09. The monoisotopic (exact) mass is 299 g/mol. The molecule has 0 bridgehead atoms. The number of halogens is 3. The van der Waals surface area contributed by atoms with Crippen molar-refractivity contribution in [3.63, 3.8) is 0 Å². The Balaban J connectivity index is 2.33. The number of carbonyl (C=O) groups excluding carboxylic acids is 1. The molecule has 0 radical (unpaired) electrons. The van der Waals surface area contributed by atoms with Gasteiger partial charge >= 0.3 is 0 Å². The Labute approximate surface area is 117 Å². The summed E-state index contributed by atoms with van der Waals surface area (Å²) in [6.07, 6.45) is 0. The normalized spacial score (nSPS) is 10.3. The Hall–Kier alpha value is -2.34. The third-order valence-electron chi connectivity index (χ3n) is 2.47. The zero-order valence-corrected chi connectivity index (χ0v) is 10.6. The average molecular weight is 300 g/mol. The zero-order valence-electron chi connectivity index (χ0n) is 9.82. The third kappa shape index (κ3) is 2.80. The smallest absolute Gasteiger partial charge is 0.259 e. The van der Waals surface area contributed by atoms with Crippen molar-refractivity contribution in [3.8, 4) is 11.5 Å². The standard InChI is InChI=1S/C13H8ClF2NO3/c14-9-3-6(15)4-10(16)12(9)17-13(20)8-2-1-7(18)5-11(8)19/h1-5,18-19H,(H,17,20). The van der Waals surface area contributed by atoms with Crippen LogP contribution in [0.3, 0.4) is 0 Å². The molecule has 0 aromatic heterocycles. The summed E-state index contributed by atoms with van der Waals surface area (Å²) in [5, 5.41) is 20.4. The number of hydrogen-bond acceptors (Lipinski definition) is 3. The number of phenols is 2. The molecule has 4 nitrogen and oxygen atoms in total. The minimum Gasteiger partial charge on any atom is -0.508 e. The summed E-state index contributed by atoms with van der Waals surface area (Å²) in [6, 6.07) is 4.69. The van der Waals surface area contributed by atoms with E-state index >= 15 is 0 Å². The second kappa shape index (κ2) is 5.34. The molecule has 0 spiro atoms. The third-order valence-corrected chi connectivity index (χ3v) is 2.77. The summed E-state index contributed by atoms with van der Waals surface area (Å²) in [7, 11) is 0. The van der Waals surface area contributed by atoms with Gasteiger partial charge in [0.25, 0.3) is 5.91 Å². The maximum Gasteiger partial charge on any atom is 0.259 e. The molecule has 2 aromatic rings. The van der Waals surface area contributed by atoms with Crippen LogP contribution < -0.4 is 5.32 Å². The summed E-state index contributed by atoms with van der Waals surface area (Å²) in [5.41, 5.74) is -0.590. The van der Waals surface area contributed by atoms with E-state index in [9.17, 15) is 18.7 Å². The first-order valence-electron chi connectivity index (χ1n) is 5.36. The Morgan fingerprint density at radius 2 is 1.85 bits per heavy atom. The van der Waals surface area contributed by atoms with Crippen LogP contribution in [0.4, 0.5) is 14.5 Å². The summed E-state index contributed by atoms with van der Waals surface area (Å²) >= 11 is 5.63. The van der Waals surface area contributed by atoms with Gasteiger partial charge in [0.05, 0.1) is 16.3 Å². The number of amides is 1. The summed E-state index contributed by atoms with van der Waals surface area (Å²) in [4.78, 5) is 11.9. The molecule has 104 valence electrons. The van der Waals surface area contributed by atoms with Crippen LogP contribution in [0, 0.1) is 11.6 Å². The first-order chi connectivity index (χ1) is 9.38. The number of carbonyl (C=O) groups is 1. The predicted molar refractivity (Wildman–Crippen MR) is 69.1 cm³/mol. The second-order valence-electron chi connectivity index (χ2n) is 3.90. The average Bonchev–Trinajstić information content (AvgIpc) is 2.33. The largest absolute Gasteiger partial charge is 0.508 e. The van der Waals surface area contributed by atoms with Gasteiger partial charge in [-0.15, -0.1) is 0 Å². The minimum absolute atomic E-state index is 0.192. The van der Waals surface area contributed by atoms with Crippen molar-refractivity contribution in [2.75, 3.05) is 5.32 Å². The SMILES string of the molecule is O=C(Nc1c(F)cc(F)cc1Cl)c1ccc(O)cc1O. The maximum atomic E-state index is 13.5. The number of phenolic OH excluding ortho intramolecular Hbond substituents is 2. The molecule has 0 saturated carbocycles. The Bertz CT molecular complexity index is 668. The van der Waals surface area contributed by atoms with Gasteiger partial charge in [-0.3, -0.25) is 4.79 Å². The molecule has 0 aliphatic heterocycles. The van der Waals surface area contributed by atoms with Crippen LogP contribution in [0.2, 0.25) is 5.02 Å². The van der Waals surface area contributed by atoms with Gasteiger partial charge in [-0.1, -0.05) is 11.6 Å². The van der Waals surface area contributed by atoms with E-state index in [0.717, 1.165) is 18.2 Å². The summed E-state index contributed by atoms with van der Waals surface area (Å²) < 4.78 is 26.4. The molecule has 7 heteroatoms. The highest BCUT2D eigenvalue weighted by Gasteiger charge is 2.16. The number of benzene rings is 2. The van der Waals surface area contributed by atoms with Crippen LogP contribution in [-0.2, 0) is 0 Å². The van der Waals surface area contributed by atoms with Gasteiger partial charge < -0.3 is 15.5 Å². The maximum absolute atomic E-state index is 13.5. The number of aromatic hydroxyl groups is 2. The van der Waals surface area contributed by atoms with Crippen molar-refractivity contribution < 1.29 is 23.8 Å². The van der Waals surface area contributed by atoms with Gasteiger partial charge in [-0.25, -0.2) is 8.78 Å².